The van der Waals surface area contributed by atoms with Gasteiger partial charge < -0.3 is 0 Å². The average molecular weight is 219 g/mol. The Morgan fingerprint density at radius 2 is 1.00 bits per heavy atom. The molecule has 0 amide bonds. The Bertz CT molecular complexity index is 8.00. The quantitative estimate of drug-likeness (QED) is 0.399. The van der Waals surface area contributed by atoms with Gasteiger partial charge in [0.15, 0.2) is 17.4 Å². The monoisotopic (exact) mass is 219 g/mol. The predicted octanol–water partition coefficient (Wildman–Crippen LogP) is -2.37. The fourth-order valence-electron chi connectivity index (χ4n) is 0. The Morgan fingerprint density at radius 3 is 1.00 bits per heavy atom. The Labute approximate surface area is 68.9 Å². The van der Waals surface area contributed by atoms with Crippen molar-refractivity contribution in [3.63, 3.8) is 0 Å². The van der Waals surface area contributed by atoms with E-state index in [0.29, 0.717) is 0 Å². The first-order valence-corrected chi connectivity index (χ1v) is 0. The van der Waals surface area contributed by atoms with Crippen LogP contribution in [0.1, 0.15) is 0 Å². The summed E-state index contributed by atoms with van der Waals surface area (Å²) in [5, 5.41) is 0. The van der Waals surface area contributed by atoms with Crippen molar-refractivity contribution >= 4 is 35.3 Å². The molecule has 0 aliphatic heterocycles. The van der Waals surface area contributed by atoms with Crippen molar-refractivity contribution in [2.24, 2.45) is 0 Å². The van der Waals surface area contributed by atoms with E-state index in [-0.39, 0.29) is 69.5 Å². The predicted molar refractivity (Wildman–Crippen MR) is 19.9 cm³/mol. The molecule has 1 radical (unpaired) electrons. The van der Waals surface area contributed by atoms with Crippen LogP contribution in [0.2, 0.25) is 0 Å². The van der Waals surface area contributed by atoms with Crippen LogP contribution in [0.25, 0.3) is 0 Å². The van der Waals surface area contributed by atoms with Crippen molar-refractivity contribution in [1.29, 1.82) is 0 Å². The molecule has 29 valence electrons. The van der Waals surface area contributed by atoms with Gasteiger partial charge in [0.25, 0.3) is 0 Å². The van der Waals surface area contributed by atoms with Crippen LogP contribution in [0.15, 0.2) is 0 Å². The first-order chi connectivity index (χ1) is 0. The Hall–Kier alpha value is 2.13. The van der Waals surface area contributed by atoms with Crippen molar-refractivity contribution in [3.8, 4) is 0 Å². The summed E-state index contributed by atoms with van der Waals surface area (Å²) in [6.07, 6.45) is 0. The summed E-state index contributed by atoms with van der Waals surface area (Å²) in [6.45, 7) is 0. The molecule has 0 fully saturated rings. The summed E-state index contributed by atoms with van der Waals surface area (Å²) < 4.78 is 0. The minimum absolute atomic E-state index is 0. The molecule has 0 saturated carbocycles. The third kappa shape index (κ3) is 8.92. The maximum absolute atomic E-state index is 0. The molecule has 0 spiro atoms. The summed E-state index contributed by atoms with van der Waals surface area (Å²) >= 11 is 0. The minimum Gasteiger partial charge on any atom is 0 e. The fourth-order valence-corrected chi connectivity index (χ4v) is 0. The molecule has 0 bridgehead atoms. The van der Waals surface area contributed by atoms with E-state index >= 15 is 0 Å². The van der Waals surface area contributed by atoms with E-state index in [9.17, 15) is 0 Å². The van der Waals surface area contributed by atoms with Crippen LogP contribution < -0.4 is 0 Å². The van der Waals surface area contributed by atoms with Gasteiger partial charge in [0.05, 0.1) is 0 Å². The molecule has 4 heavy (non-hydrogen) atoms. The molecule has 1 unspecified atom stereocenters. The number of rotatable bonds is 0. The molecule has 4 heteroatoms. The van der Waals surface area contributed by atoms with Crippen LogP contribution in [-0.4, -0.2) is 35.3 Å². The van der Waals surface area contributed by atoms with Crippen molar-refractivity contribution in [2.45, 2.75) is 0 Å². The second-order valence-electron chi connectivity index (χ2n) is 0. The van der Waals surface area contributed by atoms with Gasteiger partial charge in [0.2, 0.25) is 0 Å². The van der Waals surface area contributed by atoms with E-state index in [2.05, 4.69) is 0 Å². The van der Waals surface area contributed by atoms with Gasteiger partial charge in [-0.05, 0) is 0 Å². The van der Waals surface area contributed by atoms with Crippen molar-refractivity contribution in [2.75, 3.05) is 0 Å². The first-order valence-electron chi connectivity index (χ1n) is 0. The van der Waals surface area contributed by atoms with Crippen molar-refractivity contribution in [3.05, 3.63) is 0 Å². The molecule has 0 aromatic rings. The summed E-state index contributed by atoms with van der Waals surface area (Å²) in [5.74, 6) is 0. The largest absolute Gasteiger partial charge is 0 e. The minimum atomic E-state index is 0. The molecule has 0 aliphatic carbocycles. The second kappa shape index (κ2) is 19.3. The Balaban J connectivity index is 0. The summed E-state index contributed by atoms with van der Waals surface area (Å²) in [7, 11) is 0. The van der Waals surface area contributed by atoms with Gasteiger partial charge in [-0.25, -0.2) is 0 Å². The normalized spacial score (nSPS) is 0. The molecule has 0 aromatic heterocycles. The van der Waals surface area contributed by atoms with Gasteiger partial charge in [0, 0.05) is 34.1 Å². The van der Waals surface area contributed by atoms with Gasteiger partial charge in [-0.15, -0.1) is 0 Å². The maximum Gasteiger partial charge on any atom is 0 e. The number of hydrogen-bond acceptors (Lipinski definition) is 0. The Morgan fingerprint density at radius 1 is 1.00 bits per heavy atom. The standard InChI is InChI=1S/Al.AsH3.Fe.Mn.3H/h;1H3;;;;;. The molecule has 0 aromatic carbocycles. The summed E-state index contributed by atoms with van der Waals surface area (Å²) in [6, 6.07) is 0. The molecule has 0 saturated heterocycles. The number of hydrogen-bond donors (Lipinski definition) is 0. The molecule has 0 nitrogen and oxygen atoms in total. The van der Waals surface area contributed by atoms with E-state index in [4.69, 9.17) is 0 Å². The zero-order valence-corrected chi connectivity index (χ0v) is 6.69. The van der Waals surface area contributed by atoms with Crippen LogP contribution in [-0.2, 0) is 34.1 Å². The van der Waals surface area contributed by atoms with Crippen molar-refractivity contribution in [1.82, 2.24) is 0 Å². The van der Waals surface area contributed by atoms with Gasteiger partial charge in [0.1, 0.15) is 0 Å². The van der Waals surface area contributed by atoms with Gasteiger partial charge >= 0.3 is 18.0 Å². The van der Waals surface area contributed by atoms with Gasteiger partial charge in [-0.3, -0.25) is 0 Å². The van der Waals surface area contributed by atoms with Gasteiger partial charge in [-0.2, -0.15) is 0 Å². The van der Waals surface area contributed by atoms with Crippen molar-refractivity contribution < 1.29 is 34.1 Å². The first kappa shape index (κ1) is 35.6. The van der Waals surface area contributed by atoms with Crippen LogP contribution in [0, 0.1) is 0 Å². The second-order valence-corrected chi connectivity index (χ2v) is 0. The third-order valence-corrected chi connectivity index (χ3v) is 0. The molecular weight excluding hydrogens is 213 g/mol. The molecule has 0 aliphatic rings. The fraction of sp³-hybridized carbons (Fsp3) is 0. The summed E-state index contributed by atoms with van der Waals surface area (Å²) in [4.78, 5) is 0. The molecule has 0 rings (SSSR count). The van der Waals surface area contributed by atoms with E-state index in [1.807, 2.05) is 0 Å². The molecule has 0 heterocycles. The van der Waals surface area contributed by atoms with Gasteiger partial charge in [-0.1, -0.05) is 0 Å². The third-order valence-electron chi connectivity index (χ3n) is 0. The van der Waals surface area contributed by atoms with Crippen LogP contribution >= 0.6 is 0 Å². The average Bonchev–Trinajstić information content (AvgIpc) is 0. The maximum atomic E-state index is 0. The van der Waals surface area contributed by atoms with E-state index in [1.165, 1.54) is 0 Å². The smallest absolute Gasteiger partial charge is 0 e. The zero-order valence-electron chi connectivity index (χ0n) is 1.44. The topological polar surface area (TPSA) is 0 Å². The van der Waals surface area contributed by atoms with Crippen LogP contribution in [0.4, 0.5) is 0 Å². The molecule has 1 atom stereocenters. The van der Waals surface area contributed by atoms with Crippen LogP contribution in [0.3, 0.4) is 0 Å². The van der Waals surface area contributed by atoms with E-state index < -0.39 is 0 Å². The summed E-state index contributed by atoms with van der Waals surface area (Å²) in [5.41, 5.74) is 0. The molecule has 0 N–H and O–H groups in total. The van der Waals surface area contributed by atoms with E-state index in [1.54, 1.807) is 0 Å². The van der Waals surface area contributed by atoms with Crippen LogP contribution in [0.5, 0.6) is 0 Å². The zero-order chi connectivity index (χ0) is 0. The van der Waals surface area contributed by atoms with E-state index in [0.717, 1.165) is 0 Å². The SMILES string of the molecule is [AlH3].[AsH3].[Fe].[Mn]. The Kier molecular flexibility index (Phi) is 171. The molecular formula is H6AlAsFeMn.